The Kier molecular flexibility index (Phi) is 8.21. The van der Waals surface area contributed by atoms with Crippen LogP contribution in [-0.2, 0) is 6.42 Å². The number of hydrogen-bond acceptors (Lipinski definition) is 11. The van der Waals surface area contributed by atoms with E-state index in [4.69, 9.17) is 14.7 Å². The summed E-state index contributed by atoms with van der Waals surface area (Å²) >= 11 is 1.72. The molecular formula is C31H39N9OS. The van der Waals surface area contributed by atoms with Crippen LogP contribution in [0.1, 0.15) is 30.9 Å². The molecule has 0 radical (unpaired) electrons. The molecule has 0 unspecified atom stereocenters. The molecule has 1 saturated heterocycles. The van der Waals surface area contributed by atoms with Crippen molar-refractivity contribution in [2.75, 3.05) is 66.4 Å². The molecule has 6 rings (SSSR count). The van der Waals surface area contributed by atoms with E-state index in [1.54, 1.807) is 31.5 Å². The van der Waals surface area contributed by atoms with Crippen LogP contribution in [0.4, 0.5) is 34.5 Å². The van der Waals surface area contributed by atoms with Gasteiger partial charge in [-0.25, -0.2) is 4.98 Å². The highest BCUT2D eigenvalue weighted by Gasteiger charge is 2.32. The van der Waals surface area contributed by atoms with Gasteiger partial charge in [0.05, 0.1) is 29.7 Å². The van der Waals surface area contributed by atoms with Crippen molar-refractivity contribution in [2.24, 2.45) is 0 Å². The lowest BCUT2D eigenvalue weighted by Crippen LogP contribution is -2.44. The number of piperazine rings is 1. The van der Waals surface area contributed by atoms with Gasteiger partial charge in [0.1, 0.15) is 17.1 Å². The number of likely N-dealkylation sites (N-methyl/N-ethyl adjacent to an activating group) is 1. The highest BCUT2D eigenvalue weighted by atomic mass is 32.2. The van der Waals surface area contributed by atoms with E-state index >= 15 is 0 Å². The molecule has 10 nitrogen and oxygen atoms in total. The topological polar surface area (TPSA) is 94.6 Å². The minimum atomic E-state index is 0.492. The second-order valence-electron chi connectivity index (χ2n) is 10.9. The maximum absolute atomic E-state index is 5.85. The van der Waals surface area contributed by atoms with Crippen molar-refractivity contribution in [3.8, 4) is 5.75 Å². The normalized spacial score (nSPS) is 15.6. The molecule has 0 bridgehead atoms. The zero-order chi connectivity index (χ0) is 29.2. The number of aromatic nitrogens is 4. The predicted molar refractivity (Wildman–Crippen MR) is 174 cm³/mol. The van der Waals surface area contributed by atoms with E-state index in [1.807, 2.05) is 19.2 Å². The molecule has 2 fully saturated rings. The Morgan fingerprint density at radius 2 is 1.81 bits per heavy atom. The number of nitrogens with one attached hydrogen (secondary N) is 2. The van der Waals surface area contributed by atoms with Crippen molar-refractivity contribution < 1.29 is 4.74 Å². The van der Waals surface area contributed by atoms with Crippen molar-refractivity contribution in [3.63, 3.8) is 0 Å². The smallest absolute Gasteiger partial charge is 0.229 e. The van der Waals surface area contributed by atoms with Gasteiger partial charge < -0.3 is 29.5 Å². The van der Waals surface area contributed by atoms with E-state index in [1.165, 1.54) is 24.1 Å². The fraction of sp³-hybridized carbons (Fsp3) is 0.419. The van der Waals surface area contributed by atoms with Crippen LogP contribution < -0.4 is 24.6 Å². The number of hydrogen-bond donors (Lipinski definition) is 2. The summed E-state index contributed by atoms with van der Waals surface area (Å²) in [6, 6.07) is 8.89. The van der Waals surface area contributed by atoms with Gasteiger partial charge in [0.25, 0.3) is 0 Å². The van der Waals surface area contributed by atoms with Gasteiger partial charge in [0.2, 0.25) is 5.95 Å². The van der Waals surface area contributed by atoms with Crippen molar-refractivity contribution in [1.82, 2.24) is 24.8 Å². The van der Waals surface area contributed by atoms with E-state index in [0.717, 1.165) is 77.8 Å². The summed E-state index contributed by atoms with van der Waals surface area (Å²) in [5.41, 5.74) is 8.04. The molecule has 2 aromatic heterocycles. The Balaban J connectivity index is 1.32. The summed E-state index contributed by atoms with van der Waals surface area (Å²) in [5.74, 6) is 2.01. The SMILES string of the molecule is CCc1cc(Nc2ncc(C)c(Nc3ccc4nccnc4c3N(SC)C3CC3)n2)c(OC)cc1N1CCN(C)CC1. The van der Waals surface area contributed by atoms with E-state index in [2.05, 4.69) is 73.1 Å². The van der Waals surface area contributed by atoms with E-state index in [9.17, 15) is 0 Å². The average molecular weight is 586 g/mol. The first kappa shape index (κ1) is 28.3. The first-order chi connectivity index (χ1) is 20.5. The second kappa shape index (κ2) is 12.2. The summed E-state index contributed by atoms with van der Waals surface area (Å²) in [4.78, 5) is 23.6. The lowest BCUT2D eigenvalue weighted by atomic mass is 10.1. The Hall–Kier alpha value is -3.83. The van der Waals surface area contributed by atoms with E-state index in [0.29, 0.717) is 12.0 Å². The van der Waals surface area contributed by atoms with Crippen LogP contribution in [0.5, 0.6) is 5.75 Å². The van der Waals surface area contributed by atoms with Crippen LogP contribution in [0.3, 0.4) is 0 Å². The van der Waals surface area contributed by atoms with Crippen molar-refractivity contribution in [1.29, 1.82) is 0 Å². The van der Waals surface area contributed by atoms with Gasteiger partial charge in [-0.05, 0) is 57.0 Å². The maximum Gasteiger partial charge on any atom is 0.229 e. The molecule has 4 aromatic rings. The maximum atomic E-state index is 5.85. The van der Waals surface area contributed by atoms with E-state index < -0.39 is 0 Å². The standard InChI is InChI=1S/C31H39N9OS/c1-6-21-17-25(27(41-4)18-26(21)39-15-13-38(3)14-16-39)36-31-34-19-20(2)30(37-31)35-24-10-9-23-28(33-12-11-32-23)29(24)40(42-5)22-7-8-22/h9-12,17-19,22H,6-8,13-16H2,1-5H3,(H2,34,35,36,37). The molecule has 2 aromatic carbocycles. The Labute approximate surface area is 252 Å². The van der Waals surface area contributed by atoms with Gasteiger partial charge in [-0.15, -0.1) is 0 Å². The van der Waals surface area contributed by atoms with Gasteiger partial charge in [0.15, 0.2) is 0 Å². The van der Waals surface area contributed by atoms with Gasteiger partial charge in [0, 0.05) is 74.4 Å². The Bertz CT molecular complexity index is 1570. The van der Waals surface area contributed by atoms with E-state index in [-0.39, 0.29) is 0 Å². The third kappa shape index (κ3) is 5.76. The first-order valence-corrected chi connectivity index (χ1v) is 15.8. The van der Waals surface area contributed by atoms with Gasteiger partial charge in [-0.2, -0.15) is 4.98 Å². The zero-order valence-corrected chi connectivity index (χ0v) is 25.8. The molecule has 220 valence electrons. The van der Waals surface area contributed by atoms with Crippen molar-refractivity contribution >= 4 is 57.5 Å². The number of aryl methyl sites for hydroxylation is 2. The second-order valence-corrected chi connectivity index (χ2v) is 11.7. The number of fused-ring (bicyclic) bond motifs is 1. The molecular weight excluding hydrogens is 546 g/mol. The van der Waals surface area contributed by atoms with Crippen molar-refractivity contribution in [3.05, 3.63) is 54.0 Å². The summed E-state index contributed by atoms with van der Waals surface area (Å²) < 4.78 is 8.21. The highest BCUT2D eigenvalue weighted by Crippen LogP contribution is 2.44. The number of methoxy groups -OCH3 is 1. The highest BCUT2D eigenvalue weighted by molar-refractivity contribution is 8.00. The zero-order valence-electron chi connectivity index (χ0n) is 25.0. The molecule has 3 heterocycles. The van der Waals surface area contributed by atoms with Crippen LogP contribution in [0.25, 0.3) is 11.0 Å². The molecule has 1 aliphatic heterocycles. The summed E-state index contributed by atoms with van der Waals surface area (Å²) in [5, 5.41) is 7.05. The van der Waals surface area contributed by atoms with Crippen molar-refractivity contribution in [2.45, 2.75) is 39.2 Å². The van der Waals surface area contributed by atoms with Crippen LogP contribution in [0.2, 0.25) is 0 Å². The Morgan fingerprint density at radius 1 is 1.02 bits per heavy atom. The number of anilines is 6. The number of benzene rings is 2. The molecule has 0 amide bonds. The molecule has 2 aliphatic rings. The van der Waals surface area contributed by atoms with Crippen LogP contribution in [0.15, 0.2) is 42.9 Å². The monoisotopic (exact) mass is 585 g/mol. The molecule has 0 atom stereocenters. The molecule has 42 heavy (non-hydrogen) atoms. The van der Waals surface area contributed by atoms with Crippen LogP contribution >= 0.6 is 11.9 Å². The Morgan fingerprint density at radius 3 is 2.52 bits per heavy atom. The molecule has 0 spiro atoms. The lowest BCUT2D eigenvalue weighted by Gasteiger charge is -2.35. The summed E-state index contributed by atoms with van der Waals surface area (Å²) in [6.45, 7) is 8.33. The predicted octanol–water partition coefficient (Wildman–Crippen LogP) is 5.79. The number of ether oxygens (including phenoxy) is 1. The van der Waals surface area contributed by atoms with Crippen LogP contribution in [0, 0.1) is 6.92 Å². The van der Waals surface area contributed by atoms with Crippen LogP contribution in [-0.4, -0.2) is 77.5 Å². The quantitative estimate of drug-likeness (QED) is 0.222. The molecule has 1 saturated carbocycles. The minimum Gasteiger partial charge on any atom is -0.494 e. The molecule has 11 heteroatoms. The average Bonchev–Trinajstić information content (AvgIpc) is 3.86. The fourth-order valence-corrected chi connectivity index (χ4v) is 6.34. The molecule has 2 N–H and O–H groups in total. The van der Waals surface area contributed by atoms with Gasteiger partial charge in [-0.3, -0.25) is 9.97 Å². The third-order valence-corrected chi connectivity index (χ3v) is 8.88. The van der Waals surface area contributed by atoms with Gasteiger partial charge >= 0.3 is 0 Å². The number of rotatable bonds is 10. The summed E-state index contributed by atoms with van der Waals surface area (Å²) in [6.07, 6.45) is 10.7. The van der Waals surface area contributed by atoms with Gasteiger partial charge in [-0.1, -0.05) is 18.9 Å². The minimum absolute atomic E-state index is 0.492. The third-order valence-electron chi connectivity index (χ3n) is 8.01. The molecule has 1 aliphatic carbocycles. The lowest BCUT2D eigenvalue weighted by molar-refractivity contribution is 0.312. The summed E-state index contributed by atoms with van der Waals surface area (Å²) in [7, 11) is 3.89. The first-order valence-electron chi connectivity index (χ1n) is 14.6. The largest absolute Gasteiger partial charge is 0.494 e. The fourth-order valence-electron chi connectivity index (χ4n) is 5.46. The number of nitrogens with zero attached hydrogens (tertiary/aromatic N) is 7.